The summed E-state index contributed by atoms with van der Waals surface area (Å²) in [6.45, 7) is 10.5. The van der Waals surface area contributed by atoms with E-state index in [0.29, 0.717) is 18.1 Å². The van der Waals surface area contributed by atoms with E-state index in [1.807, 2.05) is 0 Å². The van der Waals surface area contributed by atoms with E-state index in [-0.39, 0.29) is 0 Å². The number of aromatic nitrogens is 2. The van der Waals surface area contributed by atoms with Crippen LogP contribution in [0.3, 0.4) is 0 Å². The summed E-state index contributed by atoms with van der Waals surface area (Å²) < 4.78 is 5.95. The van der Waals surface area contributed by atoms with Crippen LogP contribution in [0.15, 0.2) is 6.08 Å². The summed E-state index contributed by atoms with van der Waals surface area (Å²) in [7, 11) is -2.64. The molecular formula is C18H33BN2O3Si. The number of aromatic amines is 1. The second-order valence-electron chi connectivity index (χ2n) is 8.35. The van der Waals surface area contributed by atoms with Crippen LogP contribution in [0.2, 0.25) is 25.7 Å². The van der Waals surface area contributed by atoms with Crippen LogP contribution in [-0.4, -0.2) is 48.7 Å². The van der Waals surface area contributed by atoms with Crippen LogP contribution >= 0.6 is 0 Å². The van der Waals surface area contributed by atoms with Crippen molar-refractivity contribution >= 4 is 26.4 Å². The van der Waals surface area contributed by atoms with Gasteiger partial charge in [0.15, 0.2) is 0 Å². The van der Waals surface area contributed by atoms with Gasteiger partial charge in [-0.15, -0.1) is 0 Å². The molecule has 3 N–H and O–H groups in total. The van der Waals surface area contributed by atoms with E-state index in [0.717, 1.165) is 42.3 Å². The highest BCUT2D eigenvalue weighted by molar-refractivity contribution is 6.76. The zero-order valence-electron chi connectivity index (χ0n) is 16.1. The van der Waals surface area contributed by atoms with Crippen LogP contribution in [0.25, 0.3) is 5.57 Å². The van der Waals surface area contributed by atoms with Gasteiger partial charge in [-0.1, -0.05) is 51.9 Å². The highest BCUT2D eigenvalue weighted by Gasteiger charge is 2.29. The summed E-state index contributed by atoms with van der Waals surface area (Å²) in [5.74, 6) is 0.460. The molecule has 0 saturated carbocycles. The Morgan fingerprint density at radius 1 is 1.32 bits per heavy atom. The molecule has 5 nitrogen and oxygen atoms in total. The molecule has 1 atom stereocenters. The van der Waals surface area contributed by atoms with Gasteiger partial charge < -0.3 is 14.8 Å². The summed E-state index contributed by atoms with van der Waals surface area (Å²) in [6.07, 6.45) is 7.97. The second-order valence-corrected chi connectivity index (χ2v) is 14.0. The largest absolute Gasteiger partial charge is 0.508 e. The molecule has 0 aliphatic heterocycles. The van der Waals surface area contributed by atoms with Crippen LogP contribution in [-0.2, 0) is 11.2 Å². The third-order valence-corrected chi connectivity index (χ3v) is 6.48. The Balaban J connectivity index is 2.08. The van der Waals surface area contributed by atoms with E-state index < -0.39 is 15.2 Å². The zero-order valence-corrected chi connectivity index (χ0v) is 17.1. The minimum absolute atomic E-state index is 0.391. The van der Waals surface area contributed by atoms with Crippen molar-refractivity contribution in [1.82, 2.24) is 10.2 Å². The van der Waals surface area contributed by atoms with Crippen LogP contribution < -0.4 is 5.59 Å². The molecule has 1 aromatic rings. The molecule has 0 amide bonds. The first kappa shape index (κ1) is 20.4. The molecule has 1 aliphatic carbocycles. The van der Waals surface area contributed by atoms with Gasteiger partial charge >= 0.3 is 7.12 Å². The van der Waals surface area contributed by atoms with E-state index in [1.54, 1.807) is 0 Å². The van der Waals surface area contributed by atoms with Crippen molar-refractivity contribution in [2.75, 3.05) is 13.2 Å². The molecule has 1 heterocycles. The van der Waals surface area contributed by atoms with Gasteiger partial charge in [0.1, 0.15) is 0 Å². The maximum atomic E-state index is 9.63. The number of fused-ring (bicyclic) bond motifs is 1. The Morgan fingerprint density at radius 2 is 2.08 bits per heavy atom. The van der Waals surface area contributed by atoms with Crippen LogP contribution in [0.1, 0.15) is 43.9 Å². The molecule has 0 aromatic carbocycles. The molecule has 0 bridgehead atoms. The first-order valence-electron chi connectivity index (χ1n) is 9.54. The predicted octanol–water partition coefficient (Wildman–Crippen LogP) is 2.58. The van der Waals surface area contributed by atoms with Gasteiger partial charge in [0.05, 0.1) is 17.9 Å². The van der Waals surface area contributed by atoms with Crippen molar-refractivity contribution in [1.29, 1.82) is 0 Å². The Labute approximate surface area is 153 Å². The van der Waals surface area contributed by atoms with Gasteiger partial charge in [-0.25, -0.2) is 0 Å². The van der Waals surface area contributed by atoms with Crippen molar-refractivity contribution in [3.05, 3.63) is 17.3 Å². The molecule has 7 heteroatoms. The summed E-state index contributed by atoms with van der Waals surface area (Å²) >= 11 is 0. The first-order valence-corrected chi connectivity index (χ1v) is 13.2. The van der Waals surface area contributed by atoms with Gasteiger partial charge in [-0.2, -0.15) is 5.10 Å². The van der Waals surface area contributed by atoms with E-state index in [4.69, 9.17) is 4.74 Å². The molecule has 0 spiro atoms. The molecule has 0 radical (unpaired) electrons. The fourth-order valence-corrected chi connectivity index (χ4v) is 4.04. The average molecular weight is 364 g/mol. The number of allylic oxidation sites excluding steroid dienone is 1. The lowest BCUT2D eigenvalue weighted by Gasteiger charge is -2.22. The maximum absolute atomic E-state index is 9.63. The van der Waals surface area contributed by atoms with Crippen LogP contribution in [0.5, 0.6) is 0 Å². The summed E-state index contributed by atoms with van der Waals surface area (Å²) in [6, 6.07) is 1.13. The lowest BCUT2D eigenvalue weighted by atomic mass is 9.76. The number of ether oxygens (including phenoxy) is 1. The molecule has 140 valence electrons. The van der Waals surface area contributed by atoms with Gasteiger partial charge in [0.25, 0.3) is 0 Å². The number of nitrogens with zero attached hydrogens (tertiary/aromatic N) is 1. The van der Waals surface area contributed by atoms with Gasteiger partial charge in [0, 0.05) is 20.2 Å². The van der Waals surface area contributed by atoms with E-state index in [2.05, 4.69) is 42.8 Å². The Bertz CT molecular complexity index is 581. The number of rotatable bonds is 10. The van der Waals surface area contributed by atoms with Crippen molar-refractivity contribution in [3.63, 3.8) is 0 Å². The monoisotopic (exact) mass is 364 g/mol. The lowest BCUT2D eigenvalue weighted by molar-refractivity contribution is 0.181. The number of unbranched alkanes of at least 4 members (excludes halogenated alkanes) is 2. The summed E-state index contributed by atoms with van der Waals surface area (Å²) in [4.78, 5) is 0. The Morgan fingerprint density at radius 3 is 2.72 bits per heavy atom. The van der Waals surface area contributed by atoms with Gasteiger partial charge in [-0.3, -0.25) is 5.10 Å². The third kappa shape index (κ3) is 6.09. The standard InChI is InChI=1S/C18H33BN2O3Si/c1-5-6-7-8-14-11-15(13-24-9-10-25(2,3)4)17-16(12-14)20-21-18(17)19(22)23/h11,14,22-23H,5-10,12-13H2,1-4H3,(H,20,21). The number of hydrogen-bond acceptors (Lipinski definition) is 4. The number of H-pyrrole nitrogens is 1. The average Bonchev–Trinajstić information content (AvgIpc) is 2.95. The predicted molar refractivity (Wildman–Crippen MR) is 107 cm³/mol. The Hall–Kier alpha value is -0.888. The normalized spacial score (nSPS) is 17.4. The minimum Gasteiger partial charge on any atom is -0.422 e. The lowest BCUT2D eigenvalue weighted by Crippen LogP contribution is -2.35. The van der Waals surface area contributed by atoms with E-state index >= 15 is 0 Å². The van der Waals surface area contributed by atoms with Gasteiger partial charge in [0.2, 0.25) is 0 Å². The highest BCUT2D eigenvalue weighted by atomic mass is 28.3. The molecule has 25 heavy (non-hydrogen) atoms. The van der Waals surface area contributed by atoms with Crippen LogP contribution in [0, 0.1) is 5.92 Å². The minimum atomic E-state index is -1.53. The number of hydrogen-bond donors (Lipinski definition) is 3. The first-order chi connectivity index (χ1) is 11.8. The summed E-state index contributed by atoms with van der Waals surface area (Å²) in [5.41, 5.74) is 3.24. The van der Waals surface area contributed by atoms with Crippen LogP contribution in [0.4, 0.5) is 0 Å². The van der Waals surface area contributed by atoms with Crippen molar-refractivity contribution in [3.8, 4) is 0 Å². The molecule has 2 rings (SSSR count). The topological polar surface area (TPSA) is 78.4 Å². The second kappa shape index (κ2) is 9.17. The fourth-order valence-electron chi connectivity index (χ4n) is 3.29. The molecule has 0 saturated heterocycles. The Kier molecular flexibility index (Phi) is 7.49. The van der Waals surface area contributed by atoms with E-state index in [9.17, 15) is 10.0 Å². The smallest absolute Gasteiger partial charge is 0.422 e. The third-order valence-electron chi connectivity index (χ3n) is 4.77. The zero-order chi connectivity index (χ0) is 18.4. The van der Waals surface area contributed by atoms with Crippen molar-refractivity contribution in [2.45, 2.75) is 64.7 Å². The van der Waals surface area contributed by atoms with E-state index in [1.165, 1.54) is 19.3 Å². The van der Waals surface area contributed by atoms with Gasteiger partial charge in [-0.05, 0) is 30.4 Å². The van der Waals surface area contributed by atoms with Crippen molar-refractivity contribution < 1.29 is 14.8 Å². The maximum Gasteiger partial charge on any atom is 0.508 e. The summed E-state index contributed by atoms with van der Waals surface area (Å²) in [5, 5.41) is 26.4. The number of nitrogens with one attached hydrogen (secondary N) is 1. The molecular weight excluding hydrogens is 331 g/mol. The fraction of sp³-hybridized carbons (Fsp3) is 0.722. The SMILES string of the molecule is CCCCCC1C=C(COCC[Si](C)(C)C)c2c(n[nH]c2B(O)O)C1. The molecule has 1 aliphatic rings. The quantitative estimate of drug-likeness (QED) is 0.440. The molecule has 1 unspecified atom stereocenters. The molecule has 1 aromatic heterocycles. The molecule has 0 fully saturated rings. The van der Waals surface area contributed by atoms with Crippen molar-refractivity contribution in [2.24, 2.45) is 5.92 Å². The highest BCUT2D eigenvalue weighted by Crippen LogP contribution is 2.30.